The maximum atomic E-state index is 5.89. The molecule has 0 atom stereocenters. The van der Waals surface area contributed by atoms with Crippen molar-refractivity contribution >= 4 is 11.3 Å². The Labute approximate surface area is 123 Å². The van der Waals surface area contributed by atoms with E-state index in [1.54, 1.807) is 16.8 Å². The third-order valence-electron chi connectivity index (χ3n) is 2.78. The van der Waals surface area contributed by atoms with Crippen LogP contribution in [0.25, 0.3) is 0 Å². The van der Waals surface area contributed by atoms with Gasteiger partial charge < -0.3 is 15.2 Å². The van der Waals surface area contributed by atoms with Gasteiger partial charge in [-0.05, 0) is 31.0 Å². The highest BCUT2D eigenvalue weighted by Gasteiger charge is 2.07. The van der Waals surface area contributed by atoms with E-state index >= 15 is 0 Å². The van der Waals surface area contributed by atoms with Gasteiger partial charge in [0, 0.05) is 12.3 Å². The summed E-state index contributed by atoms with van der Waals surface area (Å²) < 4.78 is 11.5. The summed E-state index contributed by atoms with van der Waals surface area (Å²) in [7, 11) is 0. The van der Waals surface area contributed by atoms with Crippen LogP contribution in [0.5, 0.6) is 11.5 Å². The van der Waals surface area contributed by atoms with Gasteiger partial charge in [0.1, 0.15) is 18.1 Å². The summed E-state index contributed by atoms with van der Waals surface area (Å²) in [5.41, 5.74) is 8.56. The fourth-order valence-corrected chi connectivity index (χ4v) is 2.31. The maximum absolute atomic E-state index is 5.89. The highest BCUT2D eigenvalue weighted by molar-refractivity contribution is 7.09. The van der Waals surface area contributed by atoms with Gasteiger partial charge in [-0.1, -0.05) is 13.0 Å². The molecule has 0 aliphatic carbocycles. The Morgan fingerprint density at radius 2 is 2.20 bits per heavy atom. The third-order valence-corrected chi connectivity index (χ3v) is 3.53. The summed E-state index contributed by atoms with van der Waals surface area (Å²) >= 11 is 1.59. The molecule has 1 aromatic heterocycles. The van der Waals surface area contributed by atoms with Gasteiger partial charge in [-0.3, -0.25) is 4.98 Å². The van der Waals surface area contributed by atoms with Crippen molar-refractivity contribution in [3.63, 3.8) is 0 Å². The number of ether oxygens (including phenoxy) is 2. The van der Waals surface area contributed by atoms with Crippen LogP contribution in [-0.2, 0) is 13.0 Å². The first-order valence-corrected chi connectivity index (χ1v) is 7.67. The van der Waals surface area contributed by atoms with Crippen LogP contribution in [0.15, 0.2) is 29.9 Å². The normalized spacial score (nSPS) is 10.5. The molecule has 0 bridgehead atoms. The fourth-order valence-electron chi connectivity index (χ4n) is 1.80. The van der Waals surface area contributed by atoms with E-state index < -0.39 is 0 Å². The molecule has 1 heterocycles. The second-order valence-corrected chi connectivity index (χ2v) is 5.38. The Morgan fingerprint density at radius 3 is 2.90 bits per heavy atom. The van der Waals surface area contributed by atoms with Crippen molar-refractivity contribution in [2.75, 3.05) is 13.2 Å². The number of rotatable bonds is 8. The Balaban J connectivity index is 2.08. The van der Waals surface area contributed by atoms with E-state index in [2.05, 4.69) is 11.9 Å². The molecular weight excluding hydrogens is 272 g/mol. The molecule has 4 nitrogen and oxygen atoms in total. The first kappa shape index (κ1) is 14.8. The molecule has 0 spiro atoms. The van der Waals surface area contributed by atoms with Crippen molar-refractivity contribution in [3.8, 4) is 11.5 Å². The molecule has 1 aromatic carbocycles. The van der Waals surface area contributed by atoms with Crippen molar-refractivity contribution in [2.45, 2.75) is 26.4 Å². The predicted octanol–water partition coefficient (Wildman–Crippen LogP) is 3.01. The molecule has 0 saturated carbocycles. The number of nitrogens with two attached hydrogens (primary N) is 1. The van der Waals surface area contributed by atoms with Crippen LogP contribution in [0.4, 0.5) is 0 Å². The zero-order valence-corrected chi connectivity index (χ0v) is 12.5. The van der Waals surface area contributed by atoms with Crippen molar-refractivity contribution < 1.29 is 9.47 Å². The van der Waals surface area contributed by atoms with Gasteiger partial charge in [-0.15, -0.1) is 11.3 Å². The molecule has 5 heteroatoms. The van der Waals surface area contributed by atoms with E-state index in [0.29, 0.717) is 19.8 Å². The van der Waals surface area contributed by atoms with E-state index in [0.717, 1.165) is 34.8 Å². The Bertz CT molecular complexity index is 515. The van der Waals surface area contributed by atoms with Crippen LogP contribution in [0.3, 0.4) is 0 Å². The van der Waals surface area contributed by atoms with Crippen molar-refractivity contribution in [1.29, 1.82) is 0 Å². The number of hydrogen-bond acceptors (Lipinski definition) is 5. The molecule has 0 aliphatic rings. The number of thiazole rings is 1. The minimum absolute atomic E-state index is 0.527. The van der Waals surface area contributed by atoms with Crippen LogP contribution in [0.1, 0.15) is 23.8 Å². The van der Waals surface area contributed by atoms with Crippen LogP contribution in [-0.4, -0.2) is 18.1 Å². The molecule has 2 aromatic rings. The molecule has 0 unspecified atom stereocenters. The zero-order valence-electron chi connectivity index (χ0n) is 11.7. The van der Waals surface area contributed by atoms with Crippen LogP contribution < -0.4 is 15.2 Å². The first-order chi connectivity index (χ1) is 9.83. The lowest BCUT2D eigenvalue weighted by Crippen LogP contribution is -2.06. The summed E-state index contributed by atoms with van der Waals surface area (Å²) in [6.45, 7) is 3.93. The quantitative estimate of drug-likeness (QED) is 0.812. The first-order valence-electron chi connectivity index (χ1n) is 6.79. The Morgan fingerprint density at radius 1 is 1.30 bits per heavy atom. The zero-order chi connectivity index (χ0) is 14.2. The second-order valence-electron chi connectivity index (χ2n) is 4.41. The maximum Gasteiger partial charge on any atom is 0.126 e. The van der Waals surface area contributed by atoms with Crippen molar-refractivity contribution in [3.05, 3.63) is 40.3 Å². The lowest BCUT2D eigenvalue weighted by Gasteiger charge is -2.13. The molecule has 2 rings (SSSR count). The van der Waals surface area contributed by atoms with Crippen LogP contribution in [0.2, 0.25) is 0 Å². The smallest absolute Gasteiger partial charge is 0.126 e. The monoisotopic (exact) mass is 292 g/mol. The largest absolute Gasteiger partial charge is 0.493 e. The van der Waals surface area contributed by atoms with E-state index in [4.69, 9.17) is 15.2 Å². The number of aromatic nitrogens is 1. The Kier molecular flexibility index (Phi) is 5.83. The van der Waals surface area contributed by atoms with Gasteiger partial charge in [-0.2, -0.15) is 0 Å². The lowest BCUT2D eigenvalue weighted by atomic mass is 10.1. The highest BCUT2D eigenvalue weighted by atomic mass is 32.1. The van der Waals surface area contributed by atoms with Crippen molar-refractivity contribution in [2.24, 2.45) is 5.73 Å². The second kappa shape index (κ2) is 7.87. The summed E-state index contributed by atoms with van der Waals surface area (Å²) in [4.78, 5) is 5.15. The average Bonchev–Trinajstić information content (AvgIpc) is 2.98. The molecular formula is C15H20N2O2S. The number of benzene rings is 1. The standard InChI is InChI=1S/C15H20N2O2S/c1-2-7-18-13-4-3-12(5-6-16)15(8-13)19-10-14-9-17-11-20-14/h3-4,8-9,11H,2,5-7,10,16H2,1H3. The molecule has 2 N–H and O–H groups in total. The van der Waals surface area contributed by atoms with Gasteiger partial charge in [0.05, 0.1) is 17.0 Å². The van der Waals surface area contributed by atoms with Crippen molar-refractivity contribution in [1.82, 2.24) is 4.98 Å². The minimum atomic E-state index is 0.527. The molecule has 0 aliphatic heterocycles. The lowest BCUT2D eigenvalue weighted by molar-refractivity contribution is 0.294. The molecule has 108 valence electrons. The Hall–Kier alpha value is -1.59. The molecule has 0 saturated heterocycles. The summed E-state index contributed by atoms with van der Waals surface area (Å²) in [6, 6.07) is 5.95. The van der Waals surface area contributed by atoms with E-state index in [1.807, 2.05) is 24.4 Å². The van der Waals surface area contributed by atoms with E-state index in [-0.39, 0.29) is 0 Å². The topological polar surface area (TPSA) is 57.4 Å². The van der Waals surface area contributed by atoms with Gasteiger partial charge in [0.15, 0.2) is 0 Å². The summed E-state index contributed by atoms with van der Waals surface area (Å²) in [5, 5.41) is 0. The molecule has 20 heavy (non-hydrogen) atoms. The van der Waals surface area contributed by atoms with Gasteiger partial charge in [-0.25, -0.2) is 0 Å². The molecule has 0 radical (unpaired) electrons. The minimum Gasteiger partial charge on any atom is -0.493 e. The average molecular weight is 292 g/mol. The van der Waals surface area contributed by atoms with Crippen LogP contribution >= 0.6 is 11.3 Å². The highest BCUT2D eigenvalue weighted by Crippen LogP contribution is 2.26. The molecule has 0 amide bonds. The van der Waals surface area contributed by atoms with Gasteiger partial charge >= 0.3 is 0 Å². The number of nitrogens with zero attached hydrogens (tertiary/aromatic N) is 1. The number of hydrogen-bond donors (Lipinski definition) is 1. The fraction of sp³-hybridized carbons (Fsp3) is 0.400. The summed E-state index contributed by atoms with van der Waals surface area (Å²) in [6.07, 6.45) is 3.61. The van der Waals surface area contributed by atoms with E-state index in [9.17, 15) is 0 Å². The SMILES string of the molecule is CCCOc1ccc(CCN)c(OCc2cncs2)c1. The van der Waals surface area contributed by atoms with E-state index in [1.165, 1.54) is 0 Å². The molecule has 0 fully saturated rings. The van der Waals surface area contributed by atoms with Crippen LogP contribution in [0, 0.1) is 0 Å². The van der Waals surface area contributed by atoms with Gasteiger partial charge in [0.2, 0.25) is 0 Å². The van der Waals surface area contributed by atoms with Gasteiger partial charge in [0.25, 0.3) is 0 Å². The third kappa shape index (κ3) is 4.21. The summed E-state index contributed by atoms with van der Waals surface area (Å²) in [5.74, 6) is 1.68. The predicted molar refractivity (Wildman–Crippen MR) is 81.4 cm³/mol.